The summed E-state index contributed by atoms with van der Waals surface area (Å²) in [4.78, 5) is 11.5. The van der Waals surface area contributed by atoms with Gasteiger partial charge in [0.1, 0.15) is 11.4 Å². The number of ether oxygens (including phenoxy) is 1. The number of carbonyl (C=O) groups excluding carboxylic acids is 1. The molecule has 0 radical (unpaired) electrons. The van der Waals surface area contributed by atoms with Crippen LogP contribution < -0.4 is 5.32 Å². The lowest BCUT2D eigenvalue weighted by Gasteiger charge is -2.19. The number of nitriles is 1. The Kier molecular flexibility index (Phi) is 4.76. The molecule has 1 amide bonds. The van der Waals surface area contributed by atoms with E-state index in [1.54, 1.807) is 32.9 Å². The zero-order valence-electron chi connectivity index (χ0n) is 11.4. The number of hydrogen-bond acceptors (Lipinski definition) is 4. The van der Waals surface area contributed by atoms with Gasteiger partial charge in [0.2, 0.25) is 0 Å². The molecule has 19 heavy (non-hydrogen) atoms. The van der Waals surface area contributed by atoms with Gasteiger partial charge in [0.05, 0.1) is 6.07 Å². The molecule has 2 N–H and O–H groups in total. The minimum Gasteiger partial charge on any atom is -0.508 e. The normalized spacial score (nSPS) is 10.6. The summed E-state index contributed by atoms with van der Waals surface area (Å²) in [6.07, 6.45) is 0.248. The van der Waals surface area contributed by atoms with Crippen molar-refractivity contribution in [3.8, 4) is 11.8 Å². The molecular weight excluding hydrogens is 244 g/mol. The van der Waals surface area contributed by atoms with E-state index in [0.717, 1.165) is 0 Å². The third-order valence-corrected chi connectivity index (χ3v) is 2.24. The van der Waals surface area contributed by atoms with E-state index in [9.17, 15) is 9.90 Å². The Morgan fingerprint density at radius 3 is 2.68 bits per heavy atom. The van der Waals surface area contributed by atoms with Gasteiger partial charge in [-0.25, -0.2) is 4.79 Å². The maximum atomic E-state index is 11.5. The van der Waals surface area contributed by atoms with Crippen molar-refractivity contribution in [2.45, 2.75) is 39.2 Å². The Balaban J connectivity index is 2.69. The SMILES string of the molecule is CC(C)(C)OC(=O)Nc1ccc(CCC#N)c(O)c1. The number of aryl methyl sites for hydroxylation is 1. The summed E-state index contributed by atoms with van der Waals surface area (Å²) in [5.41, 5.74) is 0.558. The number of phenolic OH excluding ortho intramolecular Hbond substituents is 1. The summed E-state index contributed by atoms with van der Waals surface area (Å²) in [6, 6.07) is 6.80. The molecule has 0 bridgehead atoms. The molecule has 5 nitrogen and oxygen atoms in total. The molecule has 0 fully saturated rings. The number of anilines is 1. The van der Waals surface area contributed by atoms with E-state index in [4.69, 9.17) is 10.00 Å². The number of aromatic hydroxyl groups is 1. The molecule has 1 aromatic carbocycles. The highest BCUT2D eigenvalue weighted by Crippen LogP contribution is 2.23. The summed E-state index contributed by atoms with van der Waals surface area (Å²) >= 11 is 0. The topological polar surface area (TPSA) is 82.3 Å². The van der Waals surface area contributed by atoms with Gasteiger partial charge in [-0.05, 0) is 38.8 Å². The first kappa shape index (κ1) is 14.8. The maximum absolute atomic E-state index is 11.5. The number of nitrogens with one attached hydrogen (secondary N) is 1. The largest absolute Gasteiger partial charge is 0.508 e. The van der Waals surface area contributed by atoms with E-state index >= 15 is 0 Å². The molecule has 0 saturated heterocycles. The molecule has 102 valence electrons. The van der Waals surface area contributed by atoms with Gasteiger partial charge < -0.3 is 9.84 Å². The molecule has 0 aliphatic rings. The average Bonchev–Trinajstić information content (AvgIpc) is 2.25. The van der Waals surface area contributed by atoms with Crippen molar-refractivity contribution in [3.05, 3.63) is 23.8 Å². The zero-order chi connectivity index (χ0) is 14.5. The van der Waals surface area contributed by atoms with Crippen LogP contribution >= 0.6 is 0 Å². The predicted molar refractivity (Wildman–Crippen MR) is 71.9 cm³/mol. The third kappa shape index (κ3) is 5.30. The molecule has 0 spiro atoms. The van der Waals surface area contributed by atoms with Gasteiger partial charge in [0.25, 0.3) is 0 Å². The van der Waals surface area contributed by atoms with E-state index in [2.05, 4.69) is 5.32 Å². The number of rotatable bonds is 3. The molecule has 0 heterocycles. The highest BCUT2D eigenvalue weighted by molar-refractivity contribution is 5.85. The van der Waals surface area contributed by atoms with Crippen LogP contribution in [-0.2, 0) is 11.2 Å². The lowest BCUT2D eigenvalue weighted by molar-refractivity contribution is 0.0636. The van der Waals surface area contributed by atoms with Gasteiger partial charge in [0, 0.05) is 18.2 Å². The number of hydrogen-bond donors (Lipinski definition) is 2. The summed E-state index contributed by atoms with van der Waals surface area (Å²) < 4.78 is 5.10. The average molecular weight is 262 g/mol. The molecule has 0 aliphatic carbocycles. The van der Waals surface area contributed by atoms with Crippen LogP contribution in [0.4, 0.5) is 10.5 Å². The molecular formula is C14H18N2O3. The van der Waals surface area contributed by atoms with E-state index in [1.165, 1.54) is 6.07 Å². The Morgan fingerprint density at radius 2 is 2.16 bits per heavy atom. The number of nitrogens with zero attached hydrogens (tertiary/aromatic N) is 1. The van der Waals surface area contributed by atoms with Crippen molar-refractivity contribution in [1.82, 2.24) is 0 Å². The Bertz CT molecular complexity index is 498. The quantitative estimate of drug-likeness (QED) is 0.876. The maximum Gasteiger partial charge on any atom is 0.412 e. The number of phenols is 1. The van der Waals surface area contributed by atoms with Crippen molar-refractivity contribution >= 4 is 11.8 Å². The first-order valence-corrected chi connectivity index (χ1v) is 6.00. The van der Waals surface area contributed by atoms with Crippen LogP contribution in [0.25, 0.3) is 0 Å². The molecule has 0 atom stereocenters. The second-order valence-corrected chi connectivity index (χ2v) is 5.13. The first-order valence-electron chi connectivity index (χ1n) is 6.00. The minimum atomic E-state index is -0.573. The van der Waals surface area contributed by atoms with Crippen molar-refractivity contribution in [1.29, 1.82) is 5.26 Å². The molecule has 5 heteroatoms. The van der Waals surface area contributed by atoms with E-state index in [-0.39, 0.29) is 5.75 Å². The van der Waals surface area contributed by atoms with Gasteiger partial charge in [-0.2, -0.15) is 5.26 Å². The van der Waals surface area contributed by atoms with Crippen molar-refractivity contribution in [2.24, 2.45) is 0 Å². The summed E-state index contributed by atoms with van der Waals surface area (Å²) in [7, 11) is 0. The minimum absolute atomic E-state index is 0.0591. The number of amides is 1. The second kappa shape index (κ2) is 6.10. The Morgan fingerprint density at radius 1 is 1.47 bits per heavy atom. The van der Waals surface area contributed by atoms with E-state index in [0.29, 0.717) is 24.1 Å². The third-order valence-electron chi connectivity index (χ3n) is 2.24. The first-order chi connectivity index (χ1) is 8.81. The van der Waals surface area contributed by atoms with Gasteiger partial charge in [-0.15, -0.1) is 0 Å². The predicted octanol–water partition coefficient (Wildman–Crippen LogP) is 3.20. The fourth-order valence-electron chi connectivity index (χ4n) is 1.47. The van der Waals surface area contributed by atoms with Crippen LogP contribution in [0, 0.1) is 11.3 Å². The molecule has 0 aromatic heterocycles. The molecule has 0 saturated carbocycles. The van der Waals surface area contributed by atoms with Gasteiger partial charge >= 0.3 is 6.09 Å². The van der Waals surface area contributed by atoms with E-state index < -0.39 is 11.7 Å². The van der Waals surface area contributed by atoms with E-state index in [1.807, 2.05) is 6.07 Å². The Labute approximate surface area is 112 Å². The monoisotopic (exact) mass is 262 g/mol. The van der Waals surface area contributed by atoms with Gasteiger partial charge in [-0.1, -0.05) is 6.07 Å². The van der Waals surface area contributed by atoms with Crippen LogP contribution in [0.1, 0.15) is 32.8 Å². The summed E-state index contributed by atoms with van der Waals surface area (Å²) in [5, 5.41) is 20.8. The lowest BCUT2D eigenvalue weighted by Crippen LogP contribution is -2.27. The zero-order valence-corrected chi connectivity index (χ0v) is 11.4. The van der Waals surface area contributed by atoms with Gasteiger partial charge in [-0.3, -0.25) is 5.32 Å². The van der Waals surface area contributed by atoms with Crippen LogP contribution in [0.15, 0.2) is 18.2 Å². The van der Waals surface area contributed by atoms with Gasteiger partial charge in [0.15, 0.2) is 0 Å². The highest BCUT2D eigenvalue weighted by atomic mass is 16.6. The number of benzene rings is 1. The summed E-state index contributed by atoms with van der Waals surface area (Å²) in [5.74, 6) is 0.0591. The number of carbonyl (C=O) groups is 1. The van der Waals surface area contributed by atoms with Crippen molar-refractivity contribution in [3.63, 3.8) is 0 Å². The van der Waals surface area contributed by atoms with Crippen LogP contribution in [0.2, 0.25) is 0 Å². The second-order valence-electron chi connectivity index (χ2n) is 5.13. The van der Waals surface area contributed by atoms with Crippen molar-refractivity contribution in [2.75, 3.05) is 5.32 Å². The smallest absolute Gasteiger partial charge is 0.412 e. The Hall–Kier alpha value is -2.22. The highest BCUT2D eigenvalue weighted by Gasteiger charge is 2.16. The molecule has 0 unspecified atom stereocenters. The molecule has 1 rings (SSSR count). The van der Waals surface area contributed by atoms with Crippen LogP contribution in [0.5, 0.6) is 5.75 Å². The van der Waals surface area contributed by atoms with Crippen LogP contribution in [0.3, 0.4) is 0 Å². The van der Waals surface area contributed by atoms with Crippen molar-refractivity contribution < 1.29 is 14.6 Å². The fraction of sp³-hybridized carbons (Fsp3) is 0.429. The fourth-order valence-corrected chi connectivity index (χ4v) is 1.47. The summed E-state index contributed by atoms with van der Waals surface area (Å²) in [6.45, 7) is 5.32. The van der Waals surface area contributed by atoms with Crippen LogP contribution in [-0.4, -0.2) is 16.8 Å². The standard InChI is InChI=1S/C14H18N2O3/c1-14(2,3)19-13(18)16-11-7-6-10(5-4-8-15)12(17)9-11/h6-7,9,17H,4-5H2,1-3H3,(H,16,18). The molecule has 0 aliphatic heterocycles. The lowest BCUT2D eigenvalue weighted by atomic mass is 10.1. The molecule has 1 aromatic rings.